The van der Waals surface area contributed by atoms with Crippen molar-refractivity contribution in [3.8, 4) is 22.8 Å². The van der Waals surface area contributed by atoms with E-state index in [9.17, 15) is 27.5 Å². The van der Waals surface area contributed by atoms with E-state index in [4.69, 9.17) is 14.0 Å². The highest BCUT2D eigenvalue weighted by Crippen LogP contribution is 2.59. The molecule has 1 saturated carbocycles. The third-order valence-corrected chi connectivity index (χ3v) is 6.65. The van der Waals surface area contributed by atoms with Crippen molar-refractivity contribution in [3.05, 3.63) is 59.7 Å². The van der Waals surface area contributed by atoms with Gasteiger partial charge in [-0.15, -0.1) is 0 Å². The summed E-state index contributed by atoms with van der Waals surface area (Å²) < 4.78 is 70.7. The van der Waals surface area contributed by atoms with Gasteiger partial charge in [0.1, 0.15) is 17.8 Å². The van der Waals surface area contributed by atoms with E-state index in [1.165, 1.54) is 25.4 Å². The predicted octanol–water partition coefficient (Wildman–Crippen LogP) is 5.36. The highest BCUT2D eigenvalue weighted by atomic mass is 19.4. The summed E-state index contributed by atoms with van der Waals surface area (Å²) in [4.78, 5) is 21.4. The number of nitrogens with one attached hydrogen (secondary N) is 1. The van der Waals surface area contributed by atoms with Crippen LogP contribution in [0.25, 0.3) is 22.3 Å². The second kappa shape index (κ2) is 10.3. The van der Waals surface area contributed by atoms with E-state index in [0.717, 1.165) is 6.07 Å². The average molecular weight is 575 g/mol. The average Bonchev–Trinajstić information content (AvgIpc) is 3.61. The lowest BCUT2D eigenvalue weighted by Crippen LogP contribution is -2.28. The van der Waals surface area contributed by atoms with Gasteiger partial charge in [0.05, 0.1) is 42.1 Å². The van der Waals surface area contributed by atoms with Gasteiger partial charge in [0, 0.05) is 23.8 Å². The first-order valence-electron chi connectivity index (χ1n) is 12.6. The number of hydrogen-bond donors (Lipinski definition) is 2. The molecule has 2 aromatic carbocycles. The van der Waals surface area contributed by atoms with Crippen LogP contribution >= 0.6 is 0 Å². The van der Waals surface area contributed by atoms with E-state index in [0.29, 0.717) is 33.8 Å². The number of hydrogen-bond acceptors (Lipinski definition) is 8. The maximum Gasteiger partial charge on any atom is 0.401 e. The smallest absolute Gasteiger partial charge is 0.401 e. The molecule has 0 saturated heterocycles. The van der Waals surface area contributed by atoms with E-state index in [1.54, 1.807) is 32.0 Å². The molecule has 0 radical (unpaired) electrons. The van der Waals surface area contributed by atoms with Crippen molar-refractivity contribution in [1.82, 2.24) is 15.1 Å². The number of aliphatic hydroxyl groups is 1. The van der Waals surface area contributed by atoms with Crippen LogP contribution in [-0.2, 0) is 16.6 Å². The van der Waals surface area contributed by atoms with Gasteiger partial charge in [0.2, 0.25) is 5.91 Å². The Hall–Kier alpha value is -4.26. The normalized spacial score (nSPS) is 14.6. The van der Waals surface area contributed by atoms with E-state index in [2.05, 4.69) is 20.4 Å². The van der Waals surface area contributed by atoms with Crippen LogP contribution in [0.2, 0.25) is 0 Å². The monoisotopic (exact) mass is 574 g/mol. The summed E-state index contributed by atoms with van der Waals surface area (Å²) in [6, 6.07) is 8.51. The van der Waals surface area contributed by atoms with E-state index >= 15 is 0 Å². The number of nitrogens with zero attached hydrogens (tertiary/aromatic N) is 3. The third kappa shape index (κ3) is 5.94. The molecule has 9 nitrogen and oxygen atoms in total. The second-order valence-corrected chi connectivity index (χ2v) is 10.5. The number of methoxy groups -OCH3 is 1. The standard InChI is InChI=1S/C28H26F4N4O5/c1-26(2,38)14-40-22-10-18-19(11-21(22)39-3)34-20(13-33-18)16-5-4-15(17(29)8-16)9-25(37)35-24-12-23(41-36-24)27(6-7-27)28(30,31)32/h4-5,8,10-13,38H,6-7,9,14H2,1-3H3,(H,35,36,37). The maximum atomic E-state index is 15.0. The zero-order chi connectivity index (χ0) is 29.6. The topological polar surface area (TPSA) is 120 Å². The molecule has 1 aliphatic rings. The van der Waals surface area contributed by atoms with Gasteiger partial charge in [-0.25, -0.2) is 9.37 Å². The van der Waals surface area contributed by atoms with Crippen LogP contribution < -0.4 is 14.8 Å². The minimum Gasteiger partial charge on any atom is -0.493 e. The molecule has 1 fully saturated rings. The summed E-state index contributed by atoms with van der Waals surface area (Å²) in [5.74, 6) is -1.12. The molecule has 2 N–H and O–H groups in total. The van der Waals surface area contributed by atoms with Crippen molar-refractivity contribution in [2.24, 2.45) is 0 Å². The van der Waals surface area contributed by atoms with Crippen LogP contribution in [0.3, 0.4) is 0 Å². The number of fused-ring (bicyclic) bond motifs is 1. The maximum absolute atomic E-state index is 15.0. The molecule has 2 heterocycles. The van der Waals surface area contributed by atoms with E-state index in [-0.39, 0.29) is 43.0 Å². The molecule has 0 unspecified atom stereocenters. The molecule has 13 heteroatoms. The van der Waals surface area contributed by atoms with Gasteiger partial charge in [0.15, 0.2) is 23.1 Å². The minimum atomic E-state index is -4.48. The summed E-state index contributed by atoms with van der Waals surface area (Å²) in [6.07, 6.45) is -3.61. The van der Waals surface area contributed by atoms with Crippen LogP contribution in [0.5, 0.6) is 11.5 Å². The van der Waals surface area contributed by atoms with Gasteiger partial charge in [-0.3, -0.25) is 9.78 Å². The molecular weight excluding hydrogens is 548 g/mol. The van der Waals surface area contributed by atoms with Gasteiger partial charge < -0.3 is 24.4 Å². The summed E-state index contributed by atoms with van der Waals surface area (Å²) in [5, 5.41) is 15.8. The van der Waals surface area contributed by atoms with E-state index < -0.39 is 28.9 Å². The molecule has 1 aliphatic carbocycles. The van der Waals surface area contributed by atoms with Crippen molar-refractivity contribution >= 4 is 22.8 Å². The van der Waals surface area contributed by atoms with Crippen molar-refractivity contribution in [2.75, 3.05) is 19.0 Å². The van der Waals surface area contributed by atoms with Crippen LogP contribution in [-0.4, -0.2) is 51.6 Å². The van der Waals surface area contributed by atoms with Crippen LogP contribution in [0.4, 0.5) is 23.4 Å². The fourth-order valence-electron chi connectivity index (χ4n) is 4.25. The lowest BCUT2D eigenvalue weighted by Gasteiger charge is -2.19. The second-order valence-electron chi connectivity index (χ2n) is 10.5. The predicted molar refractivity (Wildman–Crippen MR) is 139 cm³/mol. The zero-order valence-electron chi connectivity index (χ0n) is 22.3. The lowest BCUT2D eigenvalue weighted by molar-refractivity contribution is -0.165. The van der Waals surface area contributed by atoms with Crippen molar-refractivity contribution in [2.45, 2.75) is 50.3 Å². The number of carbonyl (C=O) groups excluding carboxylic acids is 1. The van der Waals surface area contributed by atoms with Gasteiger partial charge in [-0.05, 0) is 38.3 Å². The number of anilines is 1. The van der Waals surface area contributed by atoms with Gasteiger partial charge in [0.25, 0.3) is 0 Å². The first-order valence-corrected chi connectivity index (χ1v) is 12.6. The third-order valence-electron chi connectivity index (χ3n) is 6.65. The number of ether oxygens (including phenoxy) is 2. The van der Waals surface area contributed by atoms with Crippen molar-refractivity contribution in [1.29, 1.82) is 0 Å². The number of aromatic nitrogens is 3. The fraction of sp³-hybridized carbons (Fsp3) is 0.357. The zero-order valence-corrected chi connectivity index (χ0v) is 22.3. The Labute approximate surface area is 231 Å². The molecule has 0 atom stereocenters. The van der Waals surface area contributed by atoms with Crippen molar-refractivity contribution < 1.29 is 41.5 Å². The quantitative estimate of drug-likeness (QED) is 0.257. The number of benzene rings is 2. The Morgan fingerprint density at radius 2 is 1.85 bits per heavy atom. The first kappa shape index (κ1) is 28.3. The number of halogens is 4. The molecule has 216 valence electrons. The molecular formula is C28H26F4N4O5. The summed E-state index contributed by atoms with van der Waals surface area (Å²) >= 11 is 0. The fourth-order valence-corrected chi connectivity index (χ4v) is 4.25. The molecule has 5 rings (SSSR count). The Balaban J connectivity index is 1.29. The Morgan fingerprint density at radius 3 is 2.49 bits per heavy atom. The summed E-state index contributed by atoms with van der Waals surface area (Å²) in [7, 11) is 1.47. The molecule has 0 aliphatic heterocycles. The first-order chi connectivity index (χ1) is 19.3. The number of alkyl halides is 3. The Morgan fingerprint density at radius 1 is 1.12 bits per heavy atom. The van der Waals surface area contributed by atoms with Gasteiger partial charge in [-0.2, -0.15) is 13.2 Å². The number of amides is 1. The largest absolute Gasteiger partial charge is 0.493 e. The lowest BCUT2D eigenvalue weighted by atomic mass is 10.0. The summed E-state index contributed by atoms with van der Waals surface area (Å²) in [6.45, 7) is 3.25. The van der Waals surface area contributed by atoms with Crippen LogP contribution in [0, 0.1) is 5.82 Å². The minimum absolute atomic E-state index is 0.0302. The highest BCUT2D eigenvalue weighted by molar-refractivity contribution is 5.91. The molecule has 0 spiro atoms. The molecule has 2 aromatic heterocycles. The highest BCUT2D eigenvalue weighted by Gasteiger charge is 2.66. The van der Waals surface area contributed by atoms with Crippen LogP contribution in [0.1, 0.15) is 38.0 Å². The van der Waals surface area contributed by atoms with Gasteiger partial charge in [-0.1, -0.05) is 17.3 Å². The number of rotatable bonds is 9. The Bertz CT molecular complexity index is 1610. The number of carbonyl (C=O) groups is 1. The van der Waals surface area contributed by atoms with Gasteiger partial charge >= 0.3 is 6.18 Å². The molecule has 0 bridgehead atoms. The van der Waals surface area contributed by atoms with E-state index in [1.807, 2.05) is 0 Å². The Kier molecular flexibility index (Phi) is 7.10. The molecule has 4 aromatic rings. The molecule has 1 amide bonds. The SMILES string of the molecule is COc1cc2nc(-c3ccc(CC(=O)Nc4cc(C5(C(F)(F)F)CC5)on4)c(F)c3)cnc2cc1OCC(C)(C)O. The summed E-state index contributed by atoms with van der Waals surface area (Å²) in [5.41, 5.74) is -1.32. The van der Waals surface area contributed by atoms with Crippen LogP contribution in [0.15, 0.2) is 47.1 Å². The van der Waals surface area contributed by atoms with Crippen molar-refractivity contribution in [3.63, 3.8) is 0 Å². The molecule has 41 heavy (non-hydrogen) atoms.